The van der Waals surface area contributed by atoms with Crippen LogP contribution in [0.3, 0.4) is 0 Å². The van der Waals surface area contributed by atoms with Gasteiger partial charge in [-0.05, 0) is 30.5 Å². The van der Waals surface area contributed by atoms with Crippen molar-refractivity contribution in [3.63, 3.8) is 0 Å². The first-order chi connectivity index (χ1) is 9.06. The summed E-state index contributed by atoms with van der Waals surface area (Å²) in [5.41, 5.74) is 1.01. The number of nitrogens with zero attached hydrogens (tertiary/aromatic N) is 1. The molecule has 5 nitrogen and oxygen atoms in total. The Morgan fingerprint density at radius 1 is 1.37 bits per heavy atom. The maximum Gasteiger partial charge on any atom is 0.328 e. The third-order valence-corrected chi connectivity index (χ3v) is 2.76. The average molecular weight is 262 g/mol. The number of aliphatic carboxylic acids is 1. The molecule has 0 fully saturated rings. The molecule has 5 heteroatoms. The Labute approximate surface area is 112 Å². The third kappa shape index (κ3) is 4.91. The van der Waals surface area contributed by atoms with E-state index in [0.717, 1.165) is 18.9 Å². The first-order valence-electron chi connectivity index (χ1n) is 6.23. The Morgan fingerprint density at radius 3 is 2.63 bits per heavy atom. The van der Waals surface area contributed by atoms with Crippen molar-refractivity contribution in [2.75, 3.05) is 0 Å². The van der Waals surface area contributed by atoms with Crippen LogP contribution >= 0.6 is 0 Å². The van der Waals surface area contributed by atoms with E-state index in [-0.39, 0.29) is 11.9 Å². The summed E-state index contributed by atoms with van der Waals surface area (Å²) in [6.07, 6.45) is 7.13. The standard InChI is InChI=1S/C14H18N2O3/c1-3-12(4-2)16-14(19)11-7-10(8-15-9-11)5-6-13(17)18/h5-9,12H,3-4H2,1-2H3,(H,16,19)(H,17,18). The number of carboxylic acid groups (broad SMARTS) is 1. The van der Waals surface area contributed by atoms with Gasteiger partial charge in [0, 0.05) is 24.5 Å². The summed E-state index contributed by atoms with van der Waals surface area (Å²) in [7, 11) is 0. The second-order valence-electron chi connectivity index (χ2n) is 4.17. The number of carbonyl (C=O) groups excluding carboxylic acids is 1. The quantitative estimate of drug-likeness (QED) is 0.769. The highest BCUT2D eigenvalue weighted by Gasteiger charge is 2.10. The van der Waals surface area contributed by atoms with E-state index in [1.807, 2.05) is 13.8 Å². The zero-order valence-electron chi connectivity index (χ0n) is 11.1. The van der Waals surface area contributed by atoms with Crippen molar-refractivity contribution in [1.29, 1.82) is 0 Å². The number of pyridine rings is 1. The van der Waals surface area contributed by atoms with Crippen LogP contribution in [0.1, 0.15) is 42.6 Å². The Hall–Kier alpha value is -2.17. The average Bonchev–Trinajstić information content (AvgIpc) is 2.42. The normalized spacial score (nSPS) is 10.9. The highest BCUT2D eigenvalue weighted by atomic mass is 16.4. The molecule has 0 saturated heterocycles. The van der Waals surface area contributed by atoms with Crippen molar-refractivity contribution < 1.29 is 14.7 Å². The van der Waals surface area contributed by atoms with E-state index < -0.39 is 5.97 Å². The number of carbonyl (C=O) groups is 2. The maximum atomic E-state index is 12.0. The fourth-order valence-corrected chi connectivity index (χ4v) is 1.60. The lowest BCUT2D eigenvalue weighted by Crippen LogP contribution is -2.33. The Bertz CT molecular complexity index is 479. The lowest BCUT2D eigenvalue weighted by Gasteiger charge is -2.14. The van der Waals surface area contributed by atoms with Crippen LogP contribution in [0.25, 0.3) is 6.08 Å². The largest absolute Gasteiger partial charge is 0.478 e. The monoisotopic (exact) mass is 262 g/mol. The van der Waals surface area contributed by atoms with Crippen LogP contribution < -0.4 is 5.32 Å². The molecule has 0 unspecified atom stereocenters. The van der Waals surface area contributed by atoms with Gasteiger partial charge in [0.15, 0.2) is 0 Å². The highest BCUT2D eigenvalue weighted by Crippen LogP contribution is 2.06. The van der Waals surface area contributed by atoms with Gasteiger partial charge in [0.05, 0.1) is 5.56 Å². The smallest absolute Gasteiger partial charge is 0.328 e. The predicted molar refractivity (Wildman–Crippen MR) is 72.7 cm³/mol. The molecule has 0 radical (unpaired) electrons. The molecule has 0 aliphatic carbocycles. The number of amides is 1. The molecule has 2 N–H and O–H groups in total. The number of carboxylic acids is 1. The van der Waals surface area contributed by atoms with Crippen LogP contribution in [0.2, 0.25) is 0 Å². The molecule has 1 aromatic rings. The van der Waals surface area contributed by atoms with Crippen LogP contribution in [-0.4, -0.2) is 28.0 Å². The molecule has 0 aliphatic heterocycles. The summed E-state index contributed by atoms with van der Waals surface area (Å²) in [6, 6.07) is 1.76. The van der Waals surface area contributed by atoms with E-state index in [2.05, 4.69) is 10.3 Å². The van der Waals surface area contributed by atoms with E-state index in [4.69, 9.17) is 5.11 Å². The molecule has 1 aromatic heterocycles. The molecule has 0 atom stereocenters. The fourth-order valence-electron chi connectivity index (χ4n) is 1.60. The fraction of sp³-hybridized carbons (Fsp3) is 0.357. The molecular weight excluding hydrogens is 244 g/mol. The Morgan fingerprint density at radius 2 is 2.05 bits per heavy atom. The number of rotatable bonds is 6. The Kier molecular flexibility index (Phi) is 5.73. The van der Waals surface area contributed by atoms with E-state index in [1.165, 1.54) is 18.5 Å². The highest BCUT2D eigenvalue weighted by molar-refractivity contribution is 5.95. The molecule has 0 saturated carbocycles. The van der Waals surface area contributed by atoms with E-state index in [1.54, 1.807) is 6.07 Å². The lowest BCUT2D eigenvalue weighted by atomic mass is 10.1. The number of aromatic nitrogens is 1. The minimum atomic E-state index is -1.04. The van der Waals surface area contributed by atoms with Gasteiger partial charge in [0.1, 0.15) is 0 Å². The summed E-state index contributed by atoms with van der Waals surface area (Å²) >= 11 is 0. The van der Waals surface area contributed by atoms with Crippen molar-refractivity contribution in [1.82, 2.24) is 10.3 Å². The van der Waals surface area contributed by atoms with Gasteiger partial charge in [-0.3, -0.25) is 9.78 Å². The van der Waals surface area contributed by atoms with Crippen LogP contribution in [0.4, 0.5) is 0 Å². The van der Waals surface area contributed by atoms with E-state index in [0.29, 0.717) is 11.1 Å². The van der Waals surface area contributed by atoms with E-state index in [9.17, 15) is 9.59 Å². The molecule has 1 heterocycles. The second-order valence-corrected chi connectivity index (χ2v) is 4.17. The van der Waals surface area contributed by atoms with Crippen LogP contribution in [0, 0.1) is 0 Å². The zero-order chi connectivity index (χ0) is 14.3. The van der Waals surface area contributed by atoms with Crippen LogP contribution in [0.5, 0.6) is 0 Å². The lowest BCUT2D eigenvalue weighted by molar-refractivity contribution is -0.131. The summed E-state index contributed by atoms with van der Waals surface area (Å²) in [4.78, 5) is 26.3. The van der Waals surface area contributed by atoms with Crippen LogP contribution in [-0.2, 0) is 4.79 Å². The van der Waals surface area contributed by atoms with Gasteiger partial charge in [-0.15, -0.1) is 0 Å². The van der Waals surface area contributed by atoms with Gasteiger partial charge in [0.25, 0.3) is 5.91 Å². The molecule has 0 spiro atoms. The Balaban J connectivity index is 2.81. The minimum absolute atomic E-state index is 0.144. The summed E-state index contributed by atoms with van der Waals surface area (Å²) < 4.78 is 0. The molecule has 1 rings (SSSR count). The zero-order valence-corrected chi connectivity index (χ0v) is 11.1. The molecule has 0 aliphatic rings. The van der Waals surface area contributed by atoms with Gasteiger partial charge >= 0.3 is 5.97 Å². The van der Waals surface area contributed by atoms with Gasteiger partial charge in [-0.25, -0.2) is 4.79 Å². The van der Waals surface area contributed by atoms with Gasteiger partial charge in [-0.1, -0.05) is 13.8 Å². The van der Waals surface area contributed by atoms with Crippen molar-refractivity contribution in [2.24, 2.45) is 0 Å². The number of nitrogens with one attached hydrogen (secondary N) is 1. The molecule has 19 heavy (non-hydrogen) atoms. The molecule has 1 amide bonds. The van der Waals surface area contributed by atoms with Crippen molar-refractivity contribution >= 4 is 18.0 Å². The number of hydrogen-bond donors (Lipinski definition) is 2. The van der Waals surface area contributed by atoms with Gasteiger partial charge < -0.3 is 10.4 Å². The predicted octanol–water partition coefficient (Wildman–Crippen LogP) is 2.10. The molecule has 102 valence electrons. The van der Waals surface area contributed by atoms with Gasteiger partial charge in [-0.2, -0.15) is 0 Å². The van der Waals surface area contributed by atoms with Crippen molar-refractivity contribution in [2.45, 2.75) is 32.7 Å². The van der Waals surface area contributed by atoms with Crippen LogP contribution in [0.15, 0.2) is 24.5 Å². The minimum Gasteiger partial charge on any atom is -0.478 e. The summed E-state index contributed by atoms with van der Waals surface area (Å²) in [5, 5.41) is 11.5. The van der Waals surface area contributed by atoms with E-state index >= 15 is 0 Å². The summed E-state index contributed by atoms with van der Waals surface area (Å²) in [6.45, 7) is 4.03. The SMILES string of the molecule is CCC(CC)NC(=O)c1cncc(C=CC(=O)O)c1. The summed E-state index contributed by atoms with van der Waals surface area (Å²) in [5.74, 6) is -1.22. The first kappa shape index (κ1) is 14.9. The molecular formula is C14H18N2O3. The first-order valence-corrected chi connectivity index (χ1v) is 6.23. The maximum absolute atomic E-state index is 12.0. The molecule has 0 aromatic carbocycles. The van der Waals surface area contributed by atoms with Crippen molar-refractivity contribution in [3.05, 3.63) is 35.7 Å². The van der Waals surface area contributed by atoms with Crippen molar-refractivity contribution in [3.8, 4) is 0 Å². The number of hydrogen-bond acceptors (Lipinski definition) is 3. The molecule has 0 bridgehead atoms. The second kappa shape index (κ2) is 7.31. The topological polar surface area (TPSA) is 79.3 Å². The third-order valence-electron chi connectivity index (χ3n) is 2.76. The van der Waals surface area contributed by atoms with Gasteiger partial charge in [0.2, 0.25) is 0 Å².